The smallest absolute Gasteiger partial charge is 0.334 e. The Morgan fingerprint density at radius 3 is 2.59 bits per heavy atom. The molecule has 0 aromatic heterocycles. The highest BCUT2D eigenvalue weighted by atomic mass is 32.2. The molecule has 0 aromatic carbocycles. The summed E-state index contributed by atoms with van der Waals surface area (Å²) in [6.07, 6.45) is 3.77. The van der Waals surface area contributed by atoms with Gasteiger partial charge in [-0.15, -0.1) is 0 Å². The average molecular weight is 398 g/mol. The van der Waals surface area contributed by atoms with E-state index in [9.17, 15) is 13.2 Å². The molecule has 0 bridgehead atoms. The number of amides is 2. The molecular formula is C16H26N6O4S. The Kier molecular flexibility index (Phi) is 6.83. The molecule has 1 aliphatic heterocycles. The van der Waals surface area contributed by atoms with Crippen molar-refractivity contribution in [3.8, 4) is 0 Å². The maximum atomic E-state index is 12.5. The summed E-state index contributed by atoms with van der Waals surface area (Å²) in [6, 6.07) is -1.07. The van der Waals surface area contributed by atoms with Gasteiger partial charge < -0.3 is 16.2 Å². The van der Waals surface area contributed by atoms with Crippen LogP contribution in [0.1, 0.15) is 39.5 Å². The van der Waals surface area contributed by atoms with Crippen molar-refractivity contribution in [2.24, 2.45) is 21.5 Å². The van der Waals surface area contributed by atoms with Crippen LogP contribution in [0.2, 0.25) is 0 Å². The van der Waals surface area contributed by atoms with E-state index in [4.69, 9.17) is 16.2 Å². The first-order valence-corrected chi connectivity index (χ1v) is 10.2. The predicted molar refractivity (Wildman–Crippen MR) is 103 cm³/mol. The minimum absolute atomic E-state index is 0.108. The van der Waals surface area contributed by atoms with Crippen molar-refractivity contribution in [3.63, 3.8) is 0 Å². The molecule has 0 atom stereocenters. The van der Waals surface area contributed by atoms with Crippen molar-refractivity contribution in [2.45, 2.75) is 45.6 Å². The number of nitrogens with one attached hydrogen (secondary N) is 2. The van der Waals surface area contributed by atoms with Gasteiger partial charge in [0.25, 0.3) is 10.0 Å². The number of urea groups is 1. The first kappa shape index (κ1) is 20.7. The van der Waals surface area contributed by atoms with Crippen molar-refractivity contribution in [3.05, 3.63) is 22.4 Å². The Hall–Kier alpha value is -2.56. The van der Waals surface area contributed by atoms with E-state index in [1.807, 2.05) is 18.6 Å². The first-order valence-electron chi connectivity index (χ1n) is 8.73. The van der Waals surface area contributed by atoms with Crippen LogP contribution < -0.4 is 21.5 Å². The number of sulfonamides is 1. The van der Waals surface area contributed by atoms with Crippen LogP contribution in [-0.4, -0.2) is 45.4 Å². The van der Waals surface area contributed by atoms with E-state index < -0.39 is 16.1 Å². The number of hydrogen-bond donors (Lipinski definition) is 4. The number of allylic oxidation sites excluding steroid dienone is 1. The number of carbonyl (C=O) groups excluding carboxylic acids is 1. The van der Waals surface area contributed by atoms with Gasteiger partial charge in [-0.2, -0.15) is 0 Å². The lowest BCUT2D eigenvalue weighted by Gasteiger charge is -2.17. The van der Waals surface area contributed by atoms with Crippen LogP contribution in [0.25, 0.3) is 0 Å². The fourth-order valence-electron chi connectivity index (χ4n) is 2.68. The highest BCUT2D eigenvalue weighted by molar-refractivity contribution is 7.94. The molecule has 0 aromatic rings. The van der Waals surface area contributed by atoms with Gasteiger partial charge in [0.15, 0.2) is 4.91 Å². The zero-order chi connectivity index (χ0) is 20.0. The van der Waals surface area contributed by atoms with Crippen LogP contribution in [0.3, 0.4) is 0 Å². The number of amidine groups is 1. The quantitative estimate of drug-likeness (QED) is 0.388. The SMILES string of the molecule is CC(C)N=C(NC(=O)NS(=O)(=O)C(=CN)C1=NCCCO1)C1=C(N)CCC1. The normalized spacial score (nSPS) is 19.0. The molecule has 0 saturated heterocycles. The van der Waals surface area contributed by atoms with Gasteiger partial charge in [-0.25, -0.2) is 17.9 Å². The van der Waals surface area contributed by atoms with Gasteiger partial charge in [0.05, 0.1) is 6.61 Å². The van der Waals surface area contributed by atoms with E-state index in [-0.39, 0.29) is 22.7 Å². The number of ether oxygens (including phenoxy) is 1. The summed E-state index contributed by atoms with van der Waals surface area (Å²) in [5, 5.41) is 2.49. The van der Waals surface area contributed by atoms with Crippen molar-refractivity contribution < 1.29 is 17.9 Å². The number of nitrogens with zero attached hydrogens (tertiary/aromatic N) is 2. The zero-order valence-corrected chi connectivity index (χ0v) is 16.3. The lowest BCUT2D eigenvalue weighted by molar-refractivity contribution is 0.250. The number of rotatable bonds is 5. The van der Waals surface area contributed by atoms with E-state index in [0.29, 0.717) is 38.1 Å². The van der Waals surface area contributed by atoms with Crippen LogP contribution in [-0.2, 0) is 14.8 Å². The van der Waals surface area contributed by atoms with Crippen LogP contribution >= 0.6 is 0 Å². The molecule has 10 nitrogen and oxygen atoms in total. The molecule has 150 valence electrons. The number of nitrogens with two attached hydrogens (primary N) is 2. The van der Waals surface area contributed by atoms with Gasteiger partial charge in [-0.3, -0.25) is 15.3 Å². The van der Waals surface area contributed by atoms with Crippen molar-refractivity contribution in [2.75, 3.05) is 13.2 Å². The molecule has 2 amide bonds. The van der Waals surface area contributed by atoms with Gasteiger partial charge in [-0.1, -0.05) is 0 Å². The third-order valence-corrected chi connectivity index (χ3v) is 5.18. The highest BCUT2D eigenvalue weighted by Gasteiger charge is 2.28. The second kappa shape index (κ2) is 8.89. The summed E-state index contributed by atoms with van der Waals surface area (Å²) >= 11 is 0. The summed E-state index contributed by atoms with van der Waals surface area (Å²) in [5.41, 5.74) is 12.8. The lowest BCUT2D eigenvalue weighted by atomic mass is 10.2. The minimum Gasteiger partial charge on any atom is -0.477 e. The predicted octanol–water partition coefficient (Wildman–Crippen LogP) is 0.438. The zero-order valence-electron chi connectivity index (χ0n) is 15.5. The fourth-order valence-corrected chi connectivity index (χ4v) is 3.61. The average Bonchev–Trinajstić information content (AvgIpc) is 3.00. The Morgan fingerprint density at radius 2 is 2.07 bits per heavy atom. The summed E-state index contributed by atoms with van der Waals surface area (Å²) in [4.78, 5) is 20.3. The summed E-state index contributed by atoms with van der Waals surface area (Å²) in [7, 11) is -4.27. The van der Waals surface area contributed by atoms with Crippen molar-refractivity contribution in [1.82, 2.24) is 10.0 Å². The molecule has 6 N–H and O–H groups in total. The second-order valence-corrected chi connectivity index (χ2v) is 8.06. The van der Waals surface area contributed by atoms with Crippen LogP contribution in [0, 0.1) is 0 Å². The fraction of sp³-hybridized carbons (Fsp3) is 0.562. The Morgan fingerprint density at radius 1 is 1.33 bits per heavy atom. The molecule has 0 radical (unpaired) electrons. The largest absolute Gasteiger partial charge is 0.477 e. The molecule has 27 heavy (non-hydrogen) atoms. The van der Waals surface area contributed by atoms with E-state index in [1.54, 1.807) is 0 Å². The molecule has 1 heterocycles. The third kappa shape index (κ3) is 5.46. The van der Waals surface area contributed by atoms with Gasteiger partial charge in [0.1, 0.15) is 5.84 Å². The molecule has 0 fully saturated rings. The molecule has 2 aliphatic rings. The molecule has 0 unspecified atom stereocenters. The second-order valence-electron chi connectivity index (χ2n) is 6.41. The van der Waals surface area contributed by atoms with Crippen molar-refractivity contribution in [1.29, 1.82) is 0 Å². The van der Waals surface area contributed by atoms with E-state index >= 15 is 0 Å². The van der Waals surface area contributed by atoms with E-state index in [2.05, 4.69) is 15.3 Å². The molecule has 2 rings (SSSR count). The standard InChI is InChI=1S/C16H26N6O4S/c1-10(2)20-14(11-5-3-6-12(11)18)21-16(23)22-27(24,25)13(9-17)15-19-7-4-8-26-15/h9-10H,3-8,17-18H2,1-2H3,(H2,20,21,22,23). The Balaban J connectivity index is 2.16. The number of hydrogen-bond acceptors (Lipinski definition) is 8. The van der Waals surface area contributed by atoms with Crippen LogP contribution in [0.5, 0.6) is 0 Å². The lowest BCUT2D eigenvalue weighted by Crippen LogP contribution is -2.45. The number of aliphatic imine (C=N–C) groups is 2. The maximum Gasteiger partial charge on any atom is 0.334 e. The van der Waals surface area contributed by atoms with Crippen molar-refractivity contribution >= 4 is 27.8 Å². The minimum atomic E-state index is -4.27. The summed E-state index contributed by atoms with van der Waals surface area (Å²) in [6.45, 7) is 4.44. The first-order chi connectivity index (χ1) is 12.7. The summed E-state index contributed by atoms with van der Waals surface area (Å²) < 4.78 is 32.2. The topological polar surface area (TPSA) is 161 Å². The van der Waals surface area contributed by atoms with Crippen LogP contribution in [0.15, 0.2) is 32.4 Å². The van der Waals surface area contributed by atoms with Crippen LogP contribution in [0.4, 0.5) is 4.79 Å². The molecule has 0 saturated carbocycles. The Labute approximate surface area is 158 Å². The molecule has 0 spiro atoms. The third-order valence-electron chi connectivity index (χ3n) is 3.84. The molecular weight excluding hydrogens is 372 g/mol. The molecule has 1 aliphatic carbocycles. The van der Waals surface area contributed by atoms with Gasteiger partial charge in [0, 0.05) is 36.5 Å². The highest BCUT2D eigenvalue weighted by Crippen LogP contribution is 2.23. The van der Waals surface area contributed by atoms with E-state index in [0.717, 1.165) is 18.2 Å². The number of carbonyl (C=O) groups is 1. The maximum absolute atomic E-state index is 12.5. The molecule has 11 heteroatoms. The monoisotopic (exact) mass is 398 g/mol. The van der Waals surface area contributed by atoms with Gasteiger partial charge >= 0.3 is 6.03 Å². The van der Waals surface area contributed by atoms with Gasteiger partial charge in [0.2, 0.25) is 5.90 Å². The summed E-state index contributed by atoms with van der Waals surface area (Å²) in [5.74, 6) is 0.167. The van der Waals surface area contributed by atoms with Gasteiger partial charge in [-0.05, 0) is 33.1 Å². The Bertz CT molecular complexity index is 811. The van der Waals surface area contributed by atoms with E-state index in [1.165, 1.54) is 0 Å².